The number of ether oxygens (including phenoxy) is 2. The van der Waals surface area contributed by atoms with E-state index in [0.717, 1.165) is 87.3 Å². The first kappa shape index (κ1) is 31.5. The fourth-order valence-corrected chi connectivity index (χ4v) is 6.15. The maximum absolute atomic E-state index is 10.7. The maximum Gasteiger partial charge on any atom is 0.184 e. The van der Waals surface area contributed by atoms with Crippen LogP contribution in [0.4, 0.5) is 0 Å². The molecule has 0 bridgehead atoms. The molecule has 7 nitrogen and oxygen atoms in total. The molecule has 7 heteroatoms. The van der Waals surface area contributed by atoms with Crippen LogP contribution in [-0.4, -0.2) is 64.8 Å². The van der Waals surface area contributed by atoms with Crippen LogP contribution < -0.4 is 10.1 Å². The molecular formula is C34H51N2O5+. The quantitative estimate of drug-likeness (QED) is 0.159. The third-order valence-corrected chi connectivity index (χ3v) is 8.78. The number of hydrogen-bond acceptors (Lipinski definition) is 6. The number of aryl methyl sites for hydroxylation is 1. The van der Waals surface area contributed by atoms with Crippen LogP contribution >= 0.6 is 0 Å². The molecule has 2 heterocycles. The van der Waals surface area contributed by atoms with Gasteiger partial charge in [-0.3, -0.25) is 0 Å². The number of phenolic OH excluding ortho intramolecular Hbond substituents is 1. The molecule has 3 atom stereocenters. The van der Waals surface area contributed by atoms with Crippen LogP contribution in [-0.2, 0) is 6.42 Å². The van der Waals surface area contributed by atoms with Crippen molar-refractivity contribution in [2.75, 3.05) is 26.3 Å². The number of aliphatic hydroxyl groups excluding tert-OH is 2. The van der Waals surface area contributed by atoms with Crippen LogP contribution in [0.15, 0.2) is 46.6 Å². The Balaban J connectivity index is 1.37. The first-order valence-electron chi connectivity index (χ1n) is 15.7. The van der Waals surface area contributed by atoms with Crippen molar-refractivity contribution < 1.29 is 24.8 Å². The second kappa shape index (κ2) is 15.1. The van der Waals surface area contributed by atoms with Crippen LogP contribution in [0.5, 0.6) is 11.5 Å². The van der Waals surface area contributed by atoms with E-state index >= 15 is 0 Å². The molecule has 1 saturated carbocycles. The number of hydrogen-bond donors (Lipinski definition) is 4. The van der Waals surface area contributed by atoms with Gasteiger partial charge in [-0.25, -0.2) is 0 Å². The second-order valence-corrected chi connectivity index (χ2v) is 12.3. The molecule has 1 aromatic rings. The van der Waals surface area contributed by atoms with E-state index in [2.05, 4.69) is 31.3 Å². The van der Waals surface area contributed by atoms with Gasteiger partial charge in [-0.1, -0.05) is 38.7 Å². The molecule has 1 aliphatic carbocycles. The van der Waals surface area contributed by atoms with Crippen molar-refractivity contribution in [2.45, 2.75) is 97.2 Å². The first-order valence-corrected chi connectivity index (χ1v) is 15.7. The average molecular weight is 568 g/mol. The zero-order valence-corrected chi connectivity index (χ0v) is 25.2. The van der Waals surface area contributed by atoms with Crippen LogP contribution in [0.3, 0.4) is 0 Å². The predicted octanol–water partition coefficient (Wildman–Crippen LogP) is 5.35. The van der Waals surface area contributed by atoms with Gasteiger partial charge < -0.3 is 30.1 Å². The molecule has 0 radical (unpaired) electrons. The Morgan fingerprint density at radius 2 is 2.02 bits per heavy atom. The smallest absolute Gasteiger partial charge is 0.184 e. The third kappa shape index (κ3) is 8.54. The monoisotopic (exact) mass is 567 g/mol. The van der Waals surface area contributed by atoms with Gasteiger partial charge in [0.15, 0.2) is 17.2 Å². The molecule has 2 aliphatic heterocycles. The summed E-state index contributed by atoms with van der Waals surface area (Å²) >= 11 is 0. The lowest BCUT2D eigenvalue weighted by Gasteiger charge is -2.32. The summed E-state index contributed by atoms with van der Waals surface area (Å²) in [6, 6.07) is 5.65. The molecule has 0 spiro atoms. The number of nitrogens with one attached hydrogen (secondary N) is 1. The Morgan fingerprint density at radius 1 is 1.22 bits per heavy atom. The lowest BCUT2D eigenvalue weighted by atomic mass is 9.72. The summed E-state index contributed by atoms with van der Waals surface area (Å²) in [4.78, 5) is 4.88. The third-order valence-electron chi connectivity index (χ3n) is 8.78. The number of phenols is 1. The Labute approximate surface area is 246 Å². The van der Waals surface area contributed by atoms with Gasteiger partial charge in [-0.2, -0.15) is 0 Å². The molecule has 1 fully saturated rings. The minimum Gasteiger partial charge on any atom is -0.504 e. The van der Waals surface area contributed by atoms with Gasteiger partial charge in [0, 0.05) is 26.1 Å². The van der Waals surface area contributed by atoms with E-state index in [1.807, 2.05) is 18.3 Å². The zero-order valence-electron chi connectivity index (χ0n) is 25.2. The van der Waals surface area contributed by atoms with E-state index in [9.17, 15) is 15.3 Å². The number of aliphatic hydroxyl groups is 4. The van der Waals surface area contributed by atoms with E-state index in [1.54, 1.807) is 13.0 Å². The van der Waals surface area contributed by atoms with Crippen molar-refractivity contribution in [1.29, 1.82) is 0 Å². The van der Waals surface area contributed by atoms with Gasteiger partial charge in [-0.05, 0) is 63.6 Å². The molecule has 226 valence electrons. The fourth-order valence-electron chi connectivity index (χ4n) is 6.15. The normalized spacial score (nSPS) is 21.6. The van der Waals surface area contributed by atoms with E-state index < -0.39 is 0 Å². The van der Waals surface area contributed by atoms with Gasteiger partial charge in [-0.15, -0.1) is 16.6 Å². The van der Waals surface area contributed by atoms with Gasteiger partial charge in [0.2, 0.25) is 0 Å². The summed E-state index contributed by atoms with van der Waals surface area (Å²) in [5.41, 5.74) is 3.05. The van der Waals surface area contributed by atoms with Crippen molar-refractivity contribution in [3.63, 3.8) is 0 Å². The van der Waals surface area contributed by atoms with E-state index in [1.165, 1.54) is 12.3 Å². The molecule has 0 saturated heterocycles. The van der Waals surface area contributed by atoms with Crippen molar-refractivity contribution >= 4 is 6.21 Å². The topological polar surface area (TPSA) is 107 Å². The Bertz CT molecular complexity index is 1060. The number of aromatic hydroxyl groups is 1. The summed E-state index contributed by atoms with van der Waals surface area (Å²) in [7, 11) is 0. The molecule has 3 aliphatic rings. The number of rotatable bonds is 16. The molecule has 0 amide bonds. The summed E-state index contributed by atoms with van der Waals surface area (Å²) in [6.07, 6.45) is 17.5. The lowest BCUT2D eigenvalue weighted by molar-refractivity contribution is -0.0550. The molecule has 4 rings (SSSR count). The number of nitrogens with zero attached hydrogens (tertiary/aromatic N) is 1. The van der Waals surface area contributed by atoms with Crippen LogP contribution in [0.25, 0.3) is 0 Å². The first-order chi connectivity index (χ1) is 19.8. The van der Waals surface area contributed by atoms with E-state index in [0.29, 0.717) is 24.8 Å². The van der Waals surface area contributed by atoms with Crippen LogP contribution in [0.2, 0.25) is 0 Å². The standard InChI is InChI=1S/C34H50N2O5/c1-4-5-9-31-28(22-37)17-29(41-31)12-10-26-11-13-30(39)32(16-26)40-23-34(14-7-6-8-15-34)33-18-27(21-36-33)24(2)19-35-20-25(3)38/h11,13,16-18,21,24-25,31,35,37-38,41H,4-10,12,14-15,19-20,22-23H2,1-3H3/p+1/t24-,25+,31?/m1/s1. The van der Waals surface area contributed by atoms with E-state index in [4.69, 9.17) is 14.5 Å². The number of benzene rings is 1. The Hall–Kier alpha value is -2.45. The highest BCUT2D eigenvalue weighted by Gasteiger charge is 2.46. The lowest BCUT2D eigenvalue weighted by Crippen LogP contribution is -2.33. The number of allylic oxidation sites excluding steroid dienone is 1. The van der Waals surface area contributed by atoms with Crippen LogP contribution in [0, 0.1) is 23.4 Å². The summed E-state index contributed by atoms with van der Waals surface area (Å²) in [5, 5.41) is 33.3. The van der Waals surface area contributed by atoms with Crippen LogP contribution in [0.1, 0.15) is 84.1 Å². The number of unbranched alkanes of at least 4 members (excludes halogenated alkanes) is 1. The molecule has 41 heavy (non-hydrogen) atoms. The molecule has 1 aromatic carbocycles. The maximum atomic E-state index is 10.7. The zero-order chi connectivity index (χ0) is 29.2. The van der Waals surface area contributed by atoms with Crippen molar-refractivity contribution in [2.24, 2.45) is 16.3 Å². The SMILES string of the molecule is CCCCC1[OH+][C-](CCc2ccc(O)c(OCC3(C4=C[C+]([C@H](C)CNC[C@H](C)O)C=N4)CCCCC3)c2)C=C1CO. The Morgan fingerprint density at radius 3 is 2.76 bits per heavy atom. The highest BCUT2D eigenvalue weighted by atomic mass is 16.5. The minimum atomic E-state index is -0.358. The summed E-state index contributed by atoms with van der Waals surface area (Å²) in [6.45, 7) is 8.09. The Kier molecular flexibility index (Phi) is 11.6. The van der Waals surface area contributed by atoms with Gasteiger partial charge in [0.25, 0.3) is 0 Å². The van der Waals surface area contributed by atoms with E-state index in [-0.39, 0.29) is 30.0 Å². The summed E-state index contributed by atoms with van der Waals surface area (Å²) < 4.78 is 11.3. The molecule has 5 N–H and O–H groups in total. The van der Waals surface area contributed by atoms with Crippen molar-refractivity contribution in [3.8, 4) is 11.5 Å². The highest BCUT2D eigenvalue weighted by Crippen LogP contribution is 2.46. The molecular weight excluding hydrogens is 516 g/mol. The second-order valence-electron chi connectivity index (χ2n) is 12.3. The van der Waals surface area contributed by atoms with Crippen molar-refractivity contribution in [3.05, 3.63) is 59.2 Å². The average Bonchev–Trinajstić information content (AvgIpc) is 3.63. The van der Waals surface area contributed by atoms with Gasteiger partial charge >= 0.3 is 0 Å². The largest absolute Gasteiger partial charge is 0.504 e. The van der Waals surface area contributed by atoms with Gasteiger partial charge in [0.05, 0.1) is 18.1 Å². The molecule has 0 aromatic heterocycles. The van der Waals surface area contributed by atoms with Crippen molar-refractivity contribution in [1.82, 2.24) is 5.32 Å². The summed E-state index contributed by atoms with van der Waals surface area (Å²) in [5.74, 6) is 2.19. The molecule has 1 unspecified atom stereocenters. The van der Waals surface area contributed by atoms with Gasteiger partial charge in [0.1, 0.15) is 36.3 Å². The highest BCUT2D eigenvalue weighted by molar-refractivity contribution is 5.83. The predicted molar refractivity (Wildman–Crippen MR) is 165 cm³/mol. The fraction of sp³-hybridized carbons (Fsp3) is 0.618. The minimum absolute atomic E-state index is 0.0683. The number of aliphatic imine (C=N–C) groups is 1.